The van der Waals surface area contributed by atoms with Gasteiger partial charge in [0.2, 0.25) is 5.95 Å². The Morgan fingerprint density at radius 3 is 2.73 bits per heavy atom. The van der Waals surface area contributed by atoms with E-state index >= 15 is 0 Å². The molecule has 0 saturated carbocycles. The number of rotatable bonds is 7. The first-order valence-corrected chi connectivity index (χ1v) is 13.2. The topological polar surface area (TPSA) is 80.6 Å². The molecular weight excluding hydrogens is 462 g/mol. The number of aromatic nitrogens is 2. The second-order valence-electron chi connectivity index (χ2n) is 10.5. The number of nitriles is 1. The zero-order valence-electron chi connectivity index (χ0n) is 22.4. The molecule has 5 rings (SSSR count). The van der Waals surface area contributed by atoms with Gasteiger partial charge in [-0.25, -0.2) is 4.98 Å². The van der Waals surface area contributed by atoms with Gasteiger partial charge in [-0.1, -0.05) is 36.4 Å². The molecular formula is C29H37N7O. The fourth-order valence-corrected chi connectivity index (χ4v) is 5.42. The highest BCUT2D eigenvalue weighted by Gasteiger charge is 2.31. The van der Waals surface area contributed by atoms with Crippen molar-refractivity contribution in [1.29, 1.82) is 5.26 Å². The van der Waals surface area contributed by atoms with E-state index in [0.29, 0.717) is 19.4 Å². The van der Waals surface area contributed by atoms with Gasteiger partial charge in [0, 0.05) is 57.8 Å². The highest BCUT2D eigenvalue weighted by Crippen LogP contribution is 2.38. The zero-order valence-corrected chi connectivity index (χ0v) is 22.4. The molecule has 194 valence electrons. The molecule has 2 aromatic carbocycles. The highest BCUT2D eigenvalue weighted by atomic mass is 16.5. The van der Waals surface area contributed by atoms with Crippen LogP contribution in [0, 0.1) is 18.3 Å². The Morgan fingerprint density at radius 1 is 1.14 bits per heavy atom. The second kappa shape index (κ2) is 11.0. The van der Waals surface area contributed by atoms with Gasteiger partial charge in [-0.3, -0.25) is 0 Å². The summed E-state index contributed by atoms with van der Waals surface area (Å²) in [7, 11) is 6.23. The van der Waals surface area contributed by atoms with E-state index in [1.54, 1.807) is 0 Å². The third-order valence-electron chi connectivity index (χ3n) is 7.48. The standard InChI is InChI=1S/C29H37N7O/c1-20-7-5-8-21-9-6-10-23(27(20)21)26-17-25-24(19-37-26)28(36-14-13-31-22(18-36)11-12-30)33-29(32-25)35(4)16-15-34(2)3/h5-10,22,26,31H,11,13-19H2,1-4H3/t22-,26?/m0/s1. The molecule has 3 heterocycles. The lowest BCUT2D eigenvalue weighted by molar-refractivity contribution is 0.0269. The monoisotopic (exact) mass is 499 g/mol. The van der Waals surface area contributed by atoms with Crippen molar-refractivity contribution in [3.05, 3.63) is 58.8 Å². The van der Waals surface area contributed by atoms with E-state index in [-0.39, 0.29) is 12.1 Å². The second-order valence-corrected chi connectivity index (χ2v) is 10.5. The van der Waals surface area contributed by atoms with Crippen molar-refractivity contribution < 1.29 is 4.74 Å². The molecule has 2 atom stereocenters. The maximum atomic E-state index is 9.26. The van der Waals surface area contributed by atoms with Gasteiger partial charge < -0.3 is 24.8 Å². The van der Waals surface area contributed by atoms with Crippen LogP contribution >= 0.6 is 0 Å². The molecule has 1 N–H and O–H groups in total. The molecule has 1 aromatic heterocycles. The van der Waals surface area contributed by atoms with Gasteiger partial charge in [0.25, 0.3) is 0 Å². The molecule has 0 amide bonds. The number of likely N-dealkylation sites (N-methyl/N-ethyl adjacent to an activating group) is 2. The van der Waals surface area contributed by atoms with Gasteiger partial charge in [0.05, 0.1) is 30.9 Å². The summed E-state index contributed by atoms with van der Waals surface area (Å²) < 4.78 is 6.54. The molecule has 2 aliphatic rings. The summed E-state index contributed by atoms with van der Waals surface area (Å²) in [5, 5.41) is 15.2. The lowest BCUT2D eigenvalue weighted by Gasteiger charge is -2.37. The minimum Gasteiger partial charge on any atom is -0.368 e. The summed E-state index contributed by atoms with van der Waals surface area (Å²) >= 11 is 0. The minimum absolute atomic E-state index is 0.0608. The number of nitrogens with one attached hydrogen (secondary N) is 1. The molecule has 0 aliphatic carbocycles. The predicted molar refractivity (Wildman–Crippen MR) is 148 cm³/mol. The molecule has 1 saturated heterocycles. The maximum Gasteiger partial charge on any atom is 0.227 e. The Balaban J connectivity index is 1.52. The number of aryl methyl sites for hydroxylation is 1. The van der Waals surface area contributed by atoms with Crippen LogP contribution in [0.4, 0.5) is 11.8 Å². The van der Waals surface area contributed by atoms with Gasteiger partial charge >= 0.3 is 0 Å². The number of ether oxygens (including phenoxy) is 1. The van der Waals surface area contributed by atoms with Crippen molar-refractivity contribution in [3.8, 4) is 6.07 Å². The first-order chi connectivity index (χ1) is 17.9. The molecule has 1 fully saturated rings. The van der Waals surface area contributed by atoms with Crippen LogP contribution in [0.25, 0.3) is 10.8 Å². The van der Waals surface area contributed by atoms with Crippen molar-refractivity contribution >= 4 is 22.5 Å². The van der Waals surface area contributed by atoms with Crippen LogP contribution in [0.2, 0.25) is 0 Å². The summed E-state index contributed by atoms with van der Waals surface area (Å²) in [4.78, 5) is 16.8. The molecule has 0 bridgehead atoms. The number of hydrogen-bond acceptors (Lipinski definition) is 8. The Kier molecular flexibility index (Phi) is 7.56. The van der Waals surface area contributed by atoms with Crippen LogP contribution in [0.15, 0.2) is 36.4 Å². The lowest BCUT2D eigenvalue weighted by Crippen LogP contribution is -2.51. The number of hydrogen-bond donors (Lipinski definition) is 1. The molecule has 3 aromatic rings. The van der Waals surface area contributed by atoms with E-state index in [4.69, 9.17) is 14.7 Å². The van der Waals surface area contributed by atoms with Crippen LogP contribution < -0.4 is 15.1 Å². The highest BCUT2D eigenvalue weighted by molar-refractivity contribution is 5.89. The van der Waals surface area contributed by atoms with Crippen molar-refractivity contribution in [3.63, 3.8) is 0 Å². The number of anilines is 2. The maximum absolute atomic E-state index is 9.26. The third kappa shape index (κ3) is 5.40. The van der Waals surface area contributed by atoms with Crippen LogP contribution in [0.3, 0.4) is 0 Å². The Morgan fingerprint density at radius 2 is 1.95 bits per heavy atom. The van der Waals surface area contributed by atoms with Crippen LogP contribution in [0.5, 0.6) is 0 Å². The zero-order chi connectivity index (χ0) is 25.9. The molecule has 37 heavy (non-hydrogen) atoms. The molecule has 8 heteroatoms. The van der Waals surface area contributed by atoms with Crippen LogP contribution in [-0.2, 0) is 17.8 Å². The summed E-state index contributed by atoms with van der Waals surface area (Å²) in [6.45, 7) is 6.84. The fourth-order valence-electron chi connectivity index (χ4n) is 5.42. The van der Waals surface area contributed by atoms with Crippen LogP contribution in [0.1, 0.15) is 34.9 Å². The smallest absolute Gasteiger partial charge is 0.227 e. The summed E-state index contributed by atoms with van der Waals surface area (Å²) in [6.07, 6.45) is 1.13. The summed E-state index contributed by atoms with van der Waals surface area (Å²) in [6, 6.07) is 15.4. The minimum atomic E-state index is -0.0608. The van der Waals surface area contributed by atoms with E-state index < -0.39 is 0 Å². The van der Waals surface area contributed by atoms with Gasteiger partial charge in [-0.05, 0) is 42.9 Å². The normalized spacial score (nSPS) is 19.6. The van der Waals surface area contributed by atoms with E-state index in [1.165, 1.54) is 21.9 Å². The van der Waals surface area contributed by atoms with Gasteiger partial charge in [0.15, 0.2) is 0 Å². The number of fused-ring (bicyclic) bond motifs is 2. The Bertz CT molecular complexity index is 1300. The van der Waals surface area contributed by atoms with E-state index in [0.717, 1.165) is 55.7 Å². The molecule has 8 nitrogen and oxygen atoms in total. The average Bonchev–Trinajstić information content (AvgIpc) is 2.91. The summed E-state index contributed by atoms with van der Waals surface area (Å²) in [5.74, 6) is 1.70. The lowest BCUT2D eigenvalue weighted by atomic mass is 9.92. The van der Waals surface area contributed by atoms with Crippen molar-refractivity contribution in [1.82, 2.24) is 20.2 Å². The van der Waals surface area contributed by atoms with Gasteiger partial charge in [-0.15, -0.1) is 0 Å². The quantitative estimate of drug-likeness (QED) is 0.530. The van der Waals surface area contributed by atoms with E-state index in [1.807, 2.05) is 0 Å². The molecule has 1 unspecified atom stereocenters. The van der Waals surface area contributed by atoms with Crippen molar-refractivity contribution in [2.75, 3.05) is 63.7 Å². The number of benzene rings is 2. The van der Waals surface area contributed by atoms with Crippen molar-refractivity contribution in [2.24, 2.45) is 0 Å². The molecule has 2 aliphatic heterocycles. The van der Waals surface area contributed by atoms with Gasteiger partial charge in [-0.2, -0.15) is 10.2 Å². The van der Waals surface area contributed by atoms with Crippen molar-refractivity contribution in [2.45, 2.75) is 38.5 Å². The third-order valence-corrected chi connectivity index (χ3v) is 7.48. The first-order valence-electron chi connectivity index (χ1n) is 13.2. The van der Waals surface area contributed by atoms with Gasteiger partial charge in [0.1, 0.15) is 5.82 Å². The summed E-state index contributed by atoms with van der Waals surface area (Å²) in [5.41, 5.74) is 4.63. The Hall–Kier alpha value is -3.25. The first kappa shape index (κ1) is 25.4. The fraction of sp³-hybridized carbons (Fsp3) is 0.483. The van der Waals surface area contributed by atoms with Crippen LogP contribution in [-0.4, -0.2) is 74.8 Å². The molecule has 0 radical (unpaired) electrons. The number of piperazine rings is 1. The largest absolute Gasteiger partial charge is 0.368 e. The van der Waals surface area contributed by atoms with E-state index in [2.05, 4.69) is 90.6 Å². The number of nitrogens with zero attached hydrogens (tertiary/aromatic N) is 6. The van der Waals surface area contributed by atoms with E-state index in [9.17, 15) is 5.26 Å². The predicted octanol–water partition coefficient (Wildman–Crippen LogP) is 3.44. The Labute approximate surface area is 219 Å². The molecule has 0 spiro atoms. The SMILES string of the molecule is Cc1cccc2cccc(C3Cc4nc(N(C)CCN(C)C)nc(N5CCN[C@@H](CC#N)C5)c4CO3)c12. The average molecular weight is 500 g/mol.